The van der Waals surface area contributed by atoms with Crippen molar-refractivity contribution in [1.29, 1.82) is 0 Å². The van der Waals surface area contributed by atoms with Crippen LogP contribution in [0.25, 0.3) is 10.9 Å². The summed E-state index contributed by atoms with van der Waals surface area (Å²) in [7, 11) is 0. The van der Waals surface area contributed by atoms with Gasteiger partial charge in [-0.15, -0.1) is 12.4 Å². The topological polar surface area (TPSA) is 35.0 Å². The summed E-state index contributed by atoms with van der Waals surface area (Å²) in [5.74, 6) is 0. The van der Waals surface area contributed by atoms with Gasteiger partial charge in [0.1, 0.15) is 0 Å². The van der Waals surface area contributed by atoms with Crippen molar-refractivity contribution in [1.82, 2.24) is 9.97 Å². The van der Waals surface area contributed by atoms with Gasteiger partial charge in [-0.1, -0.05) is 18.2 Å². The smallest absolute Gasteiger partial charge is 0.316 e. The lowest BCUT2D eigenvalue weighted by Gasteiger charge is -2.01. The van der Waals surface area contributed by atoms with E-state index >= 15 is 0 Å². The molecule has 2 rings (SSSR count). The molecule has 0 unspecified atom stereocenters. The maximum Gasteiger partial charge on any atom is 0.316 e. The third kappa shape index (κ3) is 2.12. The van der Waals surface area contributed by atoms with E-state index in [1.54, 1.807) is 6.20 Å². The van der Waals surface area contributed by atoms with Crippen LogP contribution in [0.4, 0.5) is 0 Å². The lowest BCUT2D eigenvalue weighted by Crippen LogP contribution is -1.96. The van der Waals surface area contributed by atoms with E-state index in [0.717, 1.165) is 10.9 Å². The van der Waals surface area contributed by atoms with Crippen LogP contribution in [0.15, 0.2) is 30.5 Å². The Bertz CT molecular complexity index is 420. The van der Waals surface area contributed by atoms with Gasteiger partial charge < -0.3 is 4.74 Å². The summed E-state index contributed by atoms with van der Waals surface area (Å²) in [6, 6.07) is 8.28. The number of hydrogen-bond donors (Lipinski definition) is 0. The molecular formula is C10H11ClN2O. The second-order valence-electron chi connectivity index (χ2n) is 2.64. The van der Waals surface area contributed by atoms with Crippen molar-refractivity contribution in [3.05, 3.63) is 30.5 Å². The summed E-state index contributed by atoms with van der Waals surface area (Å²) in [5.41, 5.74) is 0.918. The first-order chi connectivity index (χ1) is 6.40. The highest BCUT2D eigenvalue weighted by Crippen LogP contribution is 2.12. The molecule has 1 aromatic heterocycles. The lowest BCUT2D eigenvalue weighted by molar-refractivity contribution is 0.314. The first-order valence-electron chi connectivity index (χ1n) is 4.24. The van der Waals surface area contributed by atoms with E-state index in [0.29, 0.717) is 12.6 Å². The molecule has 0 aliphatic heterocycles. The molecule has 14 heavy (non-hydrogen) atoms. The van der Waals surface area contributed by atoms with E-state index in [9.17, 15) is 0 Å². The molecule has 0 fully saturated rings. The molecule has 2 aromatic rings. The highest BCUT2D eigenvalue weighted by atomic mass is 35.5. The second-order valence-corrected chi connectivity index (χ2v) is 2.64. The Kier molecular flexibility index (Phi) is 3.65. The van der Waals surface area contributed by atoms with Gasteiger partial charge >= 0.3 is 6.01 Å². The zero-order valence-electron chi connectivity index (χ0n) is 7.80. The average Bonchev–Trinajstić information content (AvgIpc) is 2.18. The predicted octanol–water partition coefficient (Wildman–Crippen LogP) is 2.45. The van der Waals surface area contributed by atoms with Crippen LogP contribution in [0, 0.1) is 0 Å². The number of halogens is 1. The van der Waals surface area contributed by atoms with Crippen molar-refractivity contribution in [2.24, 2.45) is 0 Å². The minimum atomic E-state index is 0. The molecule has 0 aliphatic carbocycles. The van der Waals surface area contributed by atoms with E-state index in [4.69, 9.17) is 4.74 Å². The molecule has 1 heterocycles. The first-order valence-corrected chi connectivity index (χ1v) is 4.24. The molecule has 0 saturated carbocycles. The summed E-state index contributed by atoms with van der Waals surface area (Å²) in [5, 5.41) is 1.03. The van der Waals surface area contributed by atoms with Gasteiger partial charge in [0.25, 0.3) is 0 Å². The van der Waals surface area contributed by atoms with Crippen LogP contribution in [0.2, 0.25) is 0 Å². The lowest BCUT2D eigenvalue weighted by atomic mass is 10.2. The molecule has 0 saturated heterocycles. The fourth-order valence-corrected chi connectivity index (χ4v) is 1.15. The molecule has 0 N–H and O–H groups in total. The number of benzene rings is 1. The van der Waals surface area contributed by atoms with Crippen LogP contribution in [0.1, 0.15) is 6.92 Å². The maximum absolute atomic E-state index is 5.19. The predicted molar refractivity (Wildman–Crippen MR) is 58.0 cm³/mol. The molecular weight excluding hydrogens is 200 g/mol. The molecule has 3 nitrogen and oxygen atoms in total. The van der Waals surface area contributed by atoms with Gasteiger partial charge in [-0.2, -0.15) is 4.98 Å². The van der Waals surface area contributed by atoms with Gasteiger partial charge in [0.05, 0.1) is 12.1 Å². The Labute approximate surface area is 88.5 Å². The van der Waals surface area contributed by atoms with Crippen LogP contribution in [-0.4, -0.2) is 16.6 Å². The van der Waals surface area contributed by atoms with Crippen molar-refractivity contribution in [2.75, 3.05) is 6.61 Å². The van der Waals surface area contributed by atoms with Gasteiger partial charge in [-0.25, -0.2) is 4.98 Å². The zero-order chi connectivity index (χ0) is 9.10. The molecule has 74 valence electrons. The van der Waals surface area contributed by atoms with Crippen molar-refractivity contribution < 1.29 is 4.74 Å². The number of para-hydroxylation sites is 1. The van der Waals surface area contributed by atoms with E-state index in [1.165, 1.54) is 0 Å². The molecule has 0 radical (unpaired) electrons. The molecule has 0 bridgehead atoms. The zero-order valence-corrected chi connectivity index (χ0v) is 8.62. The summed E-state index contributed by atoms with van der Waals surface area (Å²) < 4.78 is 5.19. The van der Waals surface area contributed by atoms with Gasteiger partial charge in [0, 0.05) is 11.6 Å². The normalized spacial score (nSPS) is 9.50. The quantitative estimate of drug-likeness (QED) is 0.764. The Morgan fingerprint density at radius 3 is 2.86 bits per heavy atom. The Morgan fingerprint density at radius 1 is 1.29 bits per heavy atom. The van der Waals surface area contributed by atoms with Gasteiger partial charge in [-0.05, 0) is 13.0 Å². The van der Waals surface area contributed by atoms with E-state index in [-0.39, 0.29) is 12.4 Å². The van der Waals surface area contributed by atoms with Gasteiger partial charge in [0.2, 0.25) is 0 Å². The largest absolute Gasteiger partial charge is 0.464 e. The third-order valence-electron chi connectivity index (χ3n) is 1.74. The Morgan fingerprint density at radius 2 is 2.07 bits per heavy atom. The minimum Gasteiger partial charge on any atom is -0.464 e. The standard InChI is InChI=1S/C10H10N2O.ClH/c1-2-13-10-11-7-8-5-3-4-6-9(8)12-10;/h3-7H,2H2,1H3;1H. The highest BCUT2D eigenvalue weighted by Gasteiger charge is 1.97. The number of hydrogen-bond acceptors (Lipinski definition) is 3. The SMILES string of the molecule is CCOc1ncc2ccccc2n1.Cl. The molecule has 0 spiro atoms. The Hall–Kier alpha value is -1.35. The summed E-state index contributed by atoms with van der Waals surface area (Å²) >= 11 is 0. The number of rotatable bonds is 2. The third-order valence-corrected chi connectivity index (χ3v) is 1.74. The van der Waals surface area contributed by atoms with Crippen molar-refractivity contribution in [2.45, 2.75) is 6.92 Å². The molecule has 0 atom stereocenters. The molecule has 0 aliphatic rings. The van der Waals surface area contributed by atoms with Crippen LogP contribution < -0.4 is 4.74 Å². The van der Waals surface area contributed by atoms with E-state index in [2.05, 4.69) is 9.97 Å². The number of nitrogens with zero attached hydrogens (tertiary/aromatic N) is 2. The van der Waals surface area contributed by atoms with Crippen molar-refractivity contribution >= 4 is 23.3 Å². The van der Waals surface area contributed by atoms with Gasteiger partial charge in [0.15, 0.2) is 0 Å². The number of aromatic nitrogens is 2. The fraction of sp³-hybridized carbons (Fsp3) is 0.200. The highest BCUT2D eigenvalue weighted by molar-refractivity contribution is 5.85. The Balaban J connectivity index is 0.000000980. The number of fused-ring (bicyclic) bond motifs is 1. The fourth-order valence-electron chi connectivity index (χ4n) is 1.15. The first kappa shape index (κ1) is 10.7. The minimum absolute atomic E-state index is 0. The van der Waals surface area contributed by atoms with E-state index < -0.39 is 0 Å². The number of ether oxygens (including phenoxy) is 1. The summed E-state index contributed by atoms with van der Waals surface area (Å²) in [4.78, 5) is 8.29. The second kappa shape index (κ2) is 4.77. The average molecular weight is 211 g/mol. The molecule has 1 aromatic carbocycles. The van der Waals surface area contributed by atoms with Crippen molar-refractivity contribution in [3.8, 4) is 6.01 Å². The van der Waals surface area contributed by atoms with Gasteiger partial charge in [-0.3, -0.25) is 0 Å². The van der Waals surface area contributed by atoms with Crippen LogP contribution in [0.3, 0.4) is 0 Å². The van der Waals surface area contributed by atoms with Crippen LogP contribution >= 0.6 is 12.4 Å². The van der Waals surface area contributed by atoms with Crippen LogP contribution in [-0.2, 0) is 0 Å². The van der Waals surface area contributed by atoms with Crippen LogP contribution in [0.5, 0.6) is 6.01 Å². The monoisotopic (exact) mass is 210 g/mol. The van der Waals surface area contributed by atoms with Crippen molar-refractivity contribution in [3.63, 3.8) is 0 Å². The summed E-state index contributed by atoms with van der Waals surface area (Å²) in [6.45, 7) is 2.51. The van der Waals surface area contributed by atoms with E-state index in [1.807, 2.05) is 31.2 Å². The molecule has 0 amide bonds. The molecule has 4 heteroatoms. The maximum atomic E-state index is 5.19. The summed E-state index contributed by atoms with van der Waals surface area (Å²) in [6.07, 6.45) is 1.77.